The molecule has 1 aromatic carbocycles. The van der Waals surface area contributed by atoms with Gasteiger partial charge in [-0.2, -0.15) is 0 Å². The summed E-state index contributed by atoms with van der Waals surface area (Å²) in [6, 6.07) is 4.50. The number of nitrogens with one attached hydrogen (secondary N) is 1. The van der Waals surface area contributed by atoms with Crippen LogP contribution in [-0.2, 0) is 6.42 Å². The van der Waals surface area contributed by atoms with Gasteiger partial charge in [-0.25, -0.2) is 0 Å². The lowest BCUT2D eigenvalue weighted by atomic mass is 10.0. The van der Waals surface area contributed by atoms with Gasteiger partial charge in [0.25, 0.3) is 0 Å². The lowest BCUT2D eigenvalue weighted by Gasteiger charge is -2.03. The summed E-state index contributed by atoms with van der Waals surface area (Å²) in [5.74, 6) is 0. The van der Waals surface area contributed by atoms with Crippen LogP contribution in [0.4, 0.5) is 0 Å². The fraction of sp³-hybridized carbons (Fsp3) is 0.200. The fourth-order valence-electron chi connectivity index (χ4n) is 3.33. The molecule has 1 nitrogen and oxygen atoms in total. The molecule has 2 aromatic heterocycles. The van der Waals surface area contributed by atoms with Gasteiger partial charge < -0.3 is 4.98 Å². The molecule has 110 valence electrons. The molecular formula is C20H19NS. The average Bonchev–Trinajstić information content (AvgIpc) is 3.05. The number of benzene rings is 1. The second-order valence-corrected chi connectivity index (χ2v) is 6.94. The van der Waals surface area contributed by atoms with E-state index in [0.29, 0.717) is 0 Å². The molecule has 4 rings (SSSR count). The standard InChI is InChI=1S/C20H19NS/c1-3-4-5-8-14-13(2)21-17-12-11-16-15-9-6-7-10-18(15)22-20(16)19(14)17/h3,5-6,8-9,11-12,21H,1,4,7,10H2,2H3/b8-5-. The molecule has 0 fully saturated rings. The quantitative estimate of drug-likeness (QED) is 0.551. The summed E-state index contributed by atoms with van der Waals surface area (Å²) in [5, 5.41) is 2.78. The first-order valence-electron chi connectivity index (χ1n) is 7.80. The summed E-state index contributed by atoms with van der Waals surface area (Å²) < 4.78 is 1.43. The Labute approximate surface area is 134 Å². The third kappa shape index (κ3) is 1.98. The van der Waals surface area contributed by atoms with Crippen LogP contribution in [0.25, 0.3) is 33.1 Å². The van der Waals surface area contributed by atoms with Crippen LogP contribution in [0.15, 0.2) is 36.9 Å². The van der Waals surface area contributed by atoms with E-state index in [4.69, 9.17) is 0 Å². The Morgan fingerprint density at radius 3 is 3.14 bits per heavy atom. The zero-order valence-corrected chi connectivity index (χ0v) is 13.6. The van der Waals surface area contributed by atoms with Crippen molar-refractivity contribution >= 4 is 44.5 Å². The van der Waals surface area contributed by atoms with Crippen LogP contribution in [0.3, 0.4) is 0 Å². The van der Waals surface area contributed by atoms with Crippen LogP contribution in [0.2, 0.25) is 0 Å². The molecule has 3 aromatic rings. The molecule has 1 N–H and O–H groups in total. The molecule has 0 radical (unpaired) electrons. The van der Waals surface area contributed by atoms with Crippen molar-refractivity contribution in [2.24, 2.45) is 0 Å². The molecule has 1 aliphatic carbocycles. The number of aromatic nitrogens is 1. The lowest BCUT2D eigenvalue weighted by Crippen LogP contribution is -1.86. The molecular weight excluding hydrogens is 286 g/mol. The van der Waals surface area contributed by atoms with Gasteiger partial charge in [-0.15, -0.1) is 17.9 Å². The summed E-state index contributed by atoms with van der Waals surface area (Å²) in [5.41, 5.74) is 5.24. The average molecular weight is 305 g/mol. The predicted molar refractivity (Wildman–Crippen MR) is 99.6 cm³/mol. The van der Waals surface area contributed by atoms with Gasteiger partial charge in [-0.05, 0) is 37.8 Å². The van der Waals surface area contributed by atoms with Crippen molar-refractivity contribution in [3.05, 3.63) is 58.6 Å². The minimum atomic E-state index is 0.909. The normalized spacial score (nSPS) is 14.2. The van der Waals surface area contributed by atoms with E-state index in [1.54, 1.807) is 0 Å². The minimum absolute atomic E-state index is 0.909. The summed E-state index contributed by atoms with van der Waals surface area (Å²) in [6.07, 6.45) is 14.2. The van der Waals surface area contributed by atoms with Crippen LogP contribution in [0.5, 0.6) is 0 Å². The summed E-state index contributed by atoms with van der Waals surface area (Å²) in [7, 11) is 0. The zero-order chi connectivity index (χ0) is 15.1. The zero-order valence-electron chi connectivity index (χ0n) is 12.8. The number of allylic oxidation sites excluding steroid dienone is 3. The first-order valence-corrected chi connectivity index (χ1v) is 8.62. The highest BCUT2D eigenvalue weighted by Crippen LogP contribution is 2.41. The largest absolute Gasteiger partial charge is 0.358 e. The van der Waals surface area contributed by atoms with E-state index in [9.17, 15) is 0 Å². The number of aromatic amines is 1. The second kappa shape index (κ2) is 5.29. The Morgan fingerprint density at radius 2 is 2.27 bits per heavy atom. The monoisotopic (exact) mass is 305 g/mol. The number of H-pyrrole nitrogens is 1. The first kappa shape index (κ1) is 13.6. The third-order valence-electron chi connectivity index (χ3n) is 4.38. The Hall–Kier alpha value is -2.06. The molecule has 2 heteroatoms. The maximum atomic E-state index is 3.79. The van der Waals surface area contributed by atoms with Gasteiger partial charge in [-0.3, -0.25) is 0 Å². The molecule has 0 aliphatic heterocycles. The van der Waals surface area contributed by atoms with Gasteiger partial charge >= 0.3 is 0 Å². The Bertz CT molecular complexity index is 934. The predicted octanol–water partition coefficient (Wildman–Crippen LogP) is 6.24. The highest BCUT2D eigenvalue weighted by atomic mass is 32.1. The summed E-state index contributed by atoms with van der Waals surface area (Å²) >= 11 is 1.97. The van der Waals surface area contributed by atoms with Crippen LogP contribution < -0.4 is 0 Å². The van der Waals surface area contributed by atoms with Gasteiger partial charge in [0.2, 0.25) is 0 Å². The van der Waals surface area contributed by atoms with Crippen molar-refractivity contribution in [3.8, 4) is 0 Å². The highest BCUT2D eigenvalue weighted by molar-refractivity contribution is 7.20. The van der Waals surface area contributed by atoms with E-state index in [-0.39, 0.29) is 0 Å². The molecule has 0 saturated heterocycles. The lowest BCUT2D eigenvalue weighted by molar-refractivity contribution is 1.02. The molecule has 0 spiro atoms. The highest BCUT2D eigenvalue weighted by Gasteiger charge is 2.17. The van der Waals surface area contributed by atoms with Crippen molar-refractivity contribution in [2.45, 2.75) is 26.2 Å². The third-order valence-corrected chi connectivity index (χ3v) is 5.68. The van der Waals surface area contributed by atoms with Crippen molar-refractivity contribution in [1.82, 2.24) is 4.98 Å². The molecule has 0 saturated carbocycles. The summed E-state index contributed by atoms with van der Waals surface area (Å²) in [4.78, 5) is 5.07. The molecule has 22 heavy (non-hydrogen) atoms. The number of fused-ring (bicyclic) bond motifs is 5. The number of aryl methyl sites for hydroxylation is 2. The van der Waals surface area contributed by atoms with E-state index >= 15 is 0 Å². The number of hydrogen-bond donors (Lipinski definition) is 1. The van der Waals surface area contributed by atoms with Crippen LogP contribution >= 0.6 is 11.3 Å². The molecule has 2 heterocycles. The number of thiophene rings is 1. The van der Waals surface area contributed by atoms with Crippen LogP contribution in [-0.4, -0.2) is 4.98 Å². The topological polar surface area (TPSA) is 15.8 Å². The maximum Gasteiger partial charge on any atom is 0.0477 e. The van der Waals surface area contributed by atoms with Crippen molar-refractivity contribution in [2.75, 3.05) is 0 Å². The maximum absolute atomic E-state index is 3.79. The van der Waals surface area contributed by atoms with E-state index < -0.39 is 0 Å². The first-order chi connectivity index (χ1) is 10.8. The van der Waals surface area contributed by atoms with Crippen molar-refractivity contribution < 1.29 is 0 Å². The molecule has 0 amide bonds. The molecule has 1 aliphatic rings. The van der Waals surface area contributed by atoms with E-state index in [0.717, 1.165) is 6.42 Å². The van der Waals surface area contributed by atoms with Crippen LogP contribution in [0, 0.1) is 6.92 Å². The second-order valence-electron chi connectivity index (χ2n) is 5.84. The Kier molecular flexibility index (Phi) is 3.27. The summed E-state index contributed by atoms with van der Waals surface area (Å²) in [6.45, 7) is 5.95. The molecule has 0 bridgehead atoms. The smallest absolute Gasteiger partial charge is 0.0477 e. The SMILES string of the molecule is C=CC/C=C\c1c(C)[nH]c2ccc3c4c(sc3c12)CCC=C4. The minimum Gasteiger partial charge on any atom is -0.358 e. The number of rotatable bonds is 3. The van der Waals surface area contributed by atoms with Gasteiger partial charge in [-0.1, -0.05) is 36.4 Å². The van der Waals surface area contributed by atoms with Crippen molar-refractivity contribution in [3.63, 3.8) is 0 Å². The van der Waals surface area contributed by atoms with Gasteiger partial charge in [0.15, 0.2) is 0 Å². The van der Waals surface area contributed by atoms with E-state index in [1.807, 2.05) is 17.4 Å². The molecule has 0 unspecified atom stereocenters. The van der Waals surface area contributed by atoms with Gasteiger partial charge in [0.1, 0.15) is 0 Å². The number of hydrogen-bond acceptors (Lipinski definition) is 1. The fourth-order valence-corrected chi connectivity index (χ4v) is 4.70. The Balaban J connectivity index is 2.04. The van der Waals surface area contributed by atoms with Gasteiger partial charge in [0, 0.05) is 37.1 Å². The van der Waals surface area contributed by atoms with E-state index in [1.165, 1.54) is 55.5 Å². The Morgan fingerprint density at radius 1 is 1.36 bits per heavy atom. The van der Waals surface area contributed by atoms with Gasteiger partial charge in [0.05, 0.1) is 0 Å². The molecule has 0 atom stereocenters. The van der Waals surface area contributed by atoms with Crippen LogP contribution in [0.1, 0.15) is 34.5 Å². The van der Waals surface area contributed by atoms with E-state index in [2.05, 4.69) is 54.9 Å². The van der Waals surface area contributed by atoms with Crippen molar-refractivity contribution in [1.29, 1.82) is 0 Å².